The summed E-state index contributed by atoms with van der Waals surface area (Å²) in [5.41, 5.74) is 1.61. The van der Waals surface area contributed by atoms with E-state index in [0.717, 1.165) is 17.2 Å². The summed E-state index contributed by atoms with van der Waals surface area (Å²) in [6, 6.07) is 0. The standard InChI is InChI=1S/C15H22N4S/c1-10-11(2)20-14-12(10)13(17-9-18-14)16-8-15(19(3)4)6-5-7-15/h9H,5-8H2,1-4H3,(H,16,17,18). The van der Waals surface area contributed by atoms with Crippen LogP contribution in [0, 0.1) is 13.8 Å². The lowest BCUT2D eigenvalue weighted by Crippen LogP contribution is -2.54. The van der Waals surface area contributed by atoms with Gasteiger partial charge in [-0.05, 0) is 52.8 Å². The van der Waals surface area contributed by atoms with Crippen molar-refractivity contribution in [2.75, 3.05) is 26.0 Å². The van der Waals surface area contributed by atoms with Gasteiger partial charge in [-0.2, -0.15) is 0 Å². The minimum absolute atomic E-state index is 0.302. The van der Waals surface area contributed by atoms with E-state index in [4.69, 9.17) is 0 Å². The molecule has 2 aromatic rings. The fraction of sp³-hybridized carbons (Fsp3) is 0.600. The van der Waals surface area contributed by atoms with Gasteiger partial charge >= 0.3 is 0 Å². The van der Waals surface area contributed by atoms with Gasteiger partial charge in [0.15, 0.2) is 0 Å². The van der Waals surface area contributed by atoms with Gasteiger partial charge in [0.1, 0.15) is 17.0 Å². The van der Waals surface area contributed by atoms with Crippen molar-refractivity contribution < 1.29 is 0 Å². The molecule has 1 N–H and O–H groups in total. The number of nitrogens with one attached hydrogen (secondary N) is 1. The van der Waals surface area contributed by atoms with Gasteiger partial charge in [0.2, 0.25) is 0 Å². The summed E-state index contributed by atoms with van der Waals surface area (Å²) < 4.78 is 0. The molecule has 2 aromatic heterocycles. The molecule has 1 saturated carbocycles. The lowest BCUT2D eigenvalue weighted by atomic mass is 9.75. The summed E-state index contributed by atoms with van der Waals surface area (Å²) in [4.78, 5) is 13.6. The van der Waals surface area contributed by atoms with Crippen molar-refractivity contribution in [1.29, 1.82) is 0 Å². The number of thiophene rings is 1. The van der Waals surface area contributed by atoms with E-state index in [0.29, 0.717) is 5.54 Å². The highest BCUT2D eigenvalue weighted by atomic mass is 32.1. The normalized spacial score (nSPS) is 17.4. The Labute approximate surface area is 124 Å². The Morgan fingerprint density at radius 1 is 1.30 bits per heavy atom. The number of rotatable bonds is 4. The minimum Gasteiger partial charge on any atom is -0.368 e. The molecule has 4 nitrogen and oxygen atoms in total. The fourth-order valence-corrected chi connectivity index (χ4v) is 3.93. The Kier molecular flexibility index (Phi) is 3.42. The van der Waals surface area contributed by atoms with Gasteiger partial charge in [0.25, 0.3) is 0 Å². The number of aryl methyl sites for hydroxylation is 2. The second kappa shape index (κ2) is 4.97. The van der Waals surface area contributed by atoms with Gasteiger partial charge < -0.3 is 10.2 Å². The highest BCUT2D eigenvalue weighted by molar-refractivity contribution is 7.18. The van der Waals surface area contributed by atoms with E-state index in [1.807, 2.05) is 0 Å². The zero-order valence-electron chi connectivity index (χ0n) is 12.7. The predicted octanol–water partition coefficient (Wildman–Crippen LogP) is 3.20. The summed E-state index contributed by atoms with van der Waals surface area (Å²) >= 11 is 1.75. The first kappa shape index (κ1) is 13.8. The van der Waals surface area contributed by atoms with Crippen LogP contribution in [0.15, 0.2) is 6.33 Å². The van der Waals surface area contributed by atoms with Crippen LogP contribution in [0.4, 0.5) is 5.82 Å². The molecule has 0 aromatic carbocycles. The van der Waals surface area contributed by atoms with Crippen molar-refractivity contribution in [1.82, 2.24) is 14.9 Å². The number of likely N-dealkylation sites (N-methyl/N-ethyl adjacent to an activating group) is 1. The SMILES string of the molecule is Cc1sc2ncnc(NCC3(N(C)C)CCC3)c2c1C. The lowest BCUT2D eigenvalue weighted by molar-refractivity contribution is 0.0738. The van der Waals surface area contributed by atoms with E-state index in [1.54, 1.807) is 17.7 Å². The molecule has 3 rings (SSSR count). The van der Waals surface area contributed by atoms with E-state index in [1.165, 1.54) is 35.1 Å². The Morgan fingerprint density at radius 2 is 2.05 bits per heavy atom. The van der Waals surface area contributed by atoms with Gasteiger partial charge in [-0.25, -0.2) is 9.97 Å². The third-order valence-electron chi connectivity index (χ3n) is 4.78. The third-order valence-corrected chi connectivity index (χ3v) is 5.90. The molecular formula is C15H22N4S. The monoisotopic (exact) mass is 290 g/mol. The Morgan fingerprint density at radius 3 is 2.65 bits per heavy atom. The molecule has 0 amide bonds. The fourth-order valence-electron chi connectivity index (χ4n) is 2.93. The van der Waals surface area contributed by atoms with Crippen molar-refractivity contribution >= 4 is 27.4 Å². The van der Waals surface area contributed by atoms with Crippen molar-refractivity contribution in [3.63, 3.8) is 0 Å². The summed E-state index contributed by atoms with van der Waals surface area (Å²) in [7, 11) is 4.35. The molecule has 0 aliphatic heterocycles. The molecule has 1 fully saturated rings. The van der Waals surface area contributed by atoms with Gasteiger partial charge in [-0.3, -0.25) is 0 Å². The molecular weight excluding hydrogens is 268 g/mol. The number of nitrogens with zero attached hydrogens (tertiary/aromatic N) is 3. The molecule has 0 spiro atoms. The van der Waals surface area contributed by atoms with Crippen LogP contribution in [0.25, 0.3) is 10.2 Å². The Bertz CT molecular complexity index is 628. The zero-order valence-corrected chi connectivity index (χ0v) is 13.5. The van der Waals surface area contributed by atoms with Crippen LogP contribution in [-0.4, -0.2) is 41.0 Å². The number of fused-ring (bicyclic) bond motifs is 1. The van der Waals surface area contributed by atoms with Crippen LogP contribution in [0.1, 0.15) is 29.7 Å². The second-order valence-electron chi connectivity index (χ2n) is 6.01. The van der Waals surface area contributed by atoms with Crippen LogP contribution in [0.3, 0.4) is 0 Å². The average Bonchev–Trinajstić information content (AvgIpc) is 2.64. The molecule has 0 atom stereocenters. The zero-order chi connectivity index (χ0) is 14.3. The maximum absolute atomic E-state index is 4.47. The quantitative estimate of drug-likeness (QED) is 0.939. The van der Waals surface area contributed by atoms with Crippen LogP contribution >= 0.6 is 11.3 Å². The summed E-state index contributed by atoms with van der Waals surface area (Å²) in [6.07, 6.45) is 5.53. The summed E-state index contributed by atoms with van der Waals surface area (Å²) in [5, 5.41) is 4.78. The van der Waals surface area contributed by atoms with Crippen molar-refractivity contribution in [3.05, 3.63) is 16.8 Å². The molecule has 1 aliphatic rings. The van der Waals surface area contributed by atoms with E-state index in [2.05, 4.69) is 48.1 Å². The van der Waals surface area contributed by atoms with Crippen LogP contribution < -0.4 is 5.32 Å². The third kappa shape index (κ3) is 2.09. The molecule has 0 unspecified atom stereocenters. The molecule has 108 valence electrons. The van der Waals surface area contributed by atoms with Gasteiger partial charge in [-0.15, -0.1) is 11.3 Å². The van der Waals surface area contributed by atoms with Crippen LogP contribution in [0.5, 0.6) is 0 Å². The van der Waals surface area contributed by atoms with E-state index in [-0.39, 0.29) is 0 Å². The first-order chi connectivity index (χ1) is 9.53. The molecule has 2 heterocycles. The van der Waals surface area contributed by atoms with E-state index < -0.39 is 0 Å². The Hall–Kier alpha value is -1.20. The number of hydrogen-bond acceptors (Lipinski definition) is 5. The molecule has 0 saturated heterocycles. The molecule has 0 radical (unpaired) electrons. The number of hydrogen-bond donors (Lipinski definition) is 1. The largest absolute Gasteiger partial charge is 0.368 e. The summed E-state index contributed by atoms with van der Waals surface area (Å²) in [5.74, 6) is 0.991. The first-order valence-electron chi connectivity index (χ1n) is 7.15. The van der Waals surface area contributed by atoms with E-state index in [9.17, 15) is 0 Å². The van der Waals surface area contributed by atoms with Gasteiger partial charge in [0, 0.05) is 17.0 Å². The van der Waals surface area contributed by atoms with Crippen molar-refractivity contribution in [2.24, 2.45) is 0 Å². The first-order valence-corrected chi connectivity index (χ1v) is 7.97. The van der Waals surface area contributed by atoms with Crippen LogP contribution in [0.2, 0.25) is 0 Å². The smallest absolute Gasteiger partial charge is 0.138 e. The maximum atomic E-state index is 4.47. The molecule has 0 bridgehead atoms. The second-order valence-corrected chi connectivity index (χ2v) is 7.21. The maximum Gasteiger partial charge on any atom is 0.138 e. The van der Waals surface area contributed by atoms with E-state index >= 15 is 0 Å². The highest BCUT2D eigenvalue weighted by Crippen LogP contribution is 2.37. The molecule has 20 heavy (non-hydrogen) atoms. The van der Waals surface area contributed by atoms with Gasteiger partial charge in [0.05, 0.1) is 5.39 Å². The summed E-state index contributed by atoms with van der Waals surface area (Å²) in [6.45, 7) is 5.27. The number of anilines is 1. The topological polar surface area (TPSA) is 41.1 Å². The molecule has 5 heteroatoms. The highest BCUT2D eigenvalue weighted by Gasteiger charge is 2.38. The van der Waals surface area contributed by atoms with Crippen molar-refractivity contribution in [3.8, 4) is 0 Å². The van der Waals surface area contributed by atoms with Gasteiger partial charge in [-0.1, -0.05) is 0 Å². The average molecular weight is 290 g/mol. The number of aromatic nitrogens is 2. The van der Waals surface area contributed by atoms with Crippen molar-refractivity contribution in [2.45, 2.75) is 38.6 Å². The van der Waals surface area contributed by atoms with Crippen LogP contribution in [-0.2, 0) is 0 Å². The predicted molar refractivity (Wildman–Crippen MR) is 85.6 cm³/mol. The Balaban J connectivity index is 1.88. The lowest BCUT2D eigenvalue weighted by Gasteiger charge is -2.47. The minimum atomic E-state index is 0.302. The molecule has 1 aliphatic carbocycles.